The smallest absolute Gasteiger partial charge is 0.315 e. The number of ketones is 1. The van der Waals surface area contributed by atoms with Gasteiger partial charge in [0.25, 0.3) is 0 Å². The van der Waals surface area contributed by atoms with Gasteiger partial charge in [0.1, 0.15) is 5.92 Å². The van der Waals surface area contributed by atoms with Crippen molar-refractivity contribution in [1.29, 1.82) is 0 Å². The average Bonchev–Trinajstić information content (AvgIpc) is 3.31. The minimum Gasteiger partial charge on any atom is -0.481 e. The molecular formula is C22H40N4O6S. The first kappa shape index (κ1) is 29.2. The second-order valence-corrected chi connectivity index (χ2v) is 9.86. The third kappa shape index (κ3) is 10.7. The molecule has 5 atom stereocenters. The predicted octanol–water partition coefficient (Wildman–Crippen LogP) is 1.70. The van der Waals surface area contributed by atoms with E-state index in [4.69, 9.17) is 21.7 Å². The van der Waals surface area contributed by atoms with Crippen molar-refractivity contribution >= 4 is 35.5 Å². The van der Waals surface area contributed by atoms with Gasteiger partial charge in [0.2, 0.25) is 0 Å². The van der Waals surface area contributed by atoms with Crippen LogP contribution in [-0.4, -0.2) is 69.6 Å². The topological polar surface area (TPSA) is 185 Å². The van der Waals surface area contributed by atoms with E-state index in [1.54, 1.807) is 0 Å². The number of hydrogen-bond donors (Lipinski definition) is 6. The SMILES string of the molecule is CCCCC(N)C(=O)C(CCCCN)C(=O)O.O=C(O)CCCC[C@@H]1SC[C@@H]2NC(=O)N[C@@H]21. The zero-order chi connectivity index (χ0) is 24.8. The lowest BCUT2D eigenvalue weighted by molar-refractivity contribution is -0.147. The van der Waals surface area contributed by atoms with Crippen LogP contribution in [-0.2, 0) is 14.4 Å². The van der Waals surface area contributed by atoms with Crippen LogP contribution >= 0.6 is 11.8 Å². The maximum Gasteiger partial charge on any atom is 0.315 e. The molecule has 2 rings (SSSR count). The number of rotatable bonds is 15. The zero-order valence-corrected chi connectivity index (χ0v) is 20.3. The quantitative estimate of drug-likeness (QED) is 0.113. The fraction of sp³-hybridized carbons (Fsp3) is 0.818. The molecule has 10 nitrogen and oxygen atoms in total. The first-order chi connectivity index (χ1) is 15.7. The van der Waals surface area contributed by atoms with Crippen LogP contribution in [0.5, 0.6) is 0 Å². The van der Waals surface area contributed by atoms with Crippen LogP contribution in [0.15, 0.2) is 0 Å². The highest BCUT2D eigenvalue weighted by atomic mass is 32.2. The molecule has 0 bridgehead atoms. The first-order valence-electron chi connectivity index (χ1n) is 11.8. The maximum absolute atomic E-state index is 11.8. The van der Waals surface area contributed by atoms with E-state index in [0.29, 0.717) is 31.1 Å². The second kappa shape index (κ2) is 15.9. The number of nitrogens with one attached hydrogen (secondary N) is 2. The average molecular weight is 489 g/mol. The number of hydrogen-bond acceptors (Lipinski definition) is 7. The number of amides is 2. The Kier molecular flexibility index (Phi) is 14.1. The molecule has 8 N–H and O–H groups in total. The Labute approximate surface area is 200 Å². The van der Waals surface area contributed by atoms with E-state index in [9.17, 15) is 19.2 Å². The Morgan fingerprint density at radius 1 is 1.09 bits per heavy atom. The summed E-state index contributed by atoms with van der Waals surface area (Å²) in [6.45, 7) is 2.52. The lowest BCUT2D eigenvalue weighted by Crippen LogP contribution is -2.39. The van der Waals surface area contributed by atoms with Crippen molar-refractivity contribution in [3.05, 3.63) is 0 Å². The minimum absolute atomic E-state index is 0.0640. The molecule has 0 aliphatic carbocycles. The van der Waals surface area contributed by atoms with Crippen molar-refractivity contribution < 1.29 is 29.4 Å². The number of carboxylic acids is 2. The summed E-state index contributed by atoms with van der Waals surface area (Å²) in [5.74, 6) is -2.14. The Bertz CT molecular complexity index is 650. The van der Waals surface area contributed by atoms with Crippen molar-refractivity contribution in [2.45, 2.75) is 94.5 Å². The molecule has 0 aromatic carbocycles. The number of unbranched alkanes of at least 4 members (excludes halogenated alkanes) is 3. The Morgan fingerprint density at radius 3 is 2.42 bits per heavy atom. The maximum atomic E-state index is 11.8. The molecule has 33 heavy (non-hydrogen) atoms. The summed E-state index contributed by atoms with van der Waals surface area (Å²) in [4.78, 5) is 44.3. The highest BCUT2D eigenvalue weighted by Gasteiger charge is 2.42. The summed E-state index contributed by atoms with van der Waals surface area (Å²) in [6.07, 6.45) is 6.97. The summed E-state index contributed by atoms with van der Waals surface area (Å²) in [5.41, 5.74) is 11.0. The van der Waals surface area contributed by atoms with E-state index in [-0.39, 0.29) is 30.3 Å². The number of nitrogens with two attached hydrogens (primary N) is 2. The fourth-order valence-electron chi connectivity index (χ4n) is 3.97. The summed E-state index contributed by atoms with van der Waals surface area (Å²) in [5, 5.41) is 23.8. The van der Waals surface area contributed by atoms with E-state index in [2.05, 4.69) is 10.6 Å². The molecular weight excluding hydrogens is 448 g/mol. The van der Waals surface area contributed by atoms with Gasteiger partial charge in [-0.1, -0.05) is 32.6 Å². The molecule has 0 radical (unpaired) electrons. The first-order valence-corrected chi connectivity index (χ1v) is 12.9. The van der Waals surface area contributed by atoms with Crippen LogP contribution in [0, 0.1) is 5.92 Å². The van der Waals surface area contributed by atoms with Gasteiger partial charge in [0.05, 0.1) is 18.1 Å². The predicted molar refractivity (Wildman–Crippen MR) is 128 cm³/mol. The molecule has 0 spiro atoms. The van der Waals surface area contributed by atoms with E-state index in [1.165, 1.54) is 0 Å². The number of thioether (sulfide) groups is 1. The van der Waals surface area contributed by atoms with Gasteiger partial charge in [-0.05, 0) is 38.6 Å². The molecule has 190 valence electrons. The van der Waals surface area contributed by atoms with Crippen LogP contribution < -0.4 is 22.1 Å². The lowest BCUT2D eigenvalue weighted by atomic mass is 9.91. The number of fused-ring (bicyclic) bond motifs is 1. The number of urea groups is 1. The van der Waals surface area contributed by atoms with E-state index >= 15 is 0 Å². The normalized spacial score (nSPS) is 22.9. The van der Waals surface area contributed by atoms with Gasteiger partial charge >= 0.3 is 18.0 Å². The highest BCUT2D eigenvalue weighted by molar-refractivity contribution is 8.00. The van der Waals surface area contributed by atoms with Gasteiger partial charge in [-0.15, -0.1) is 0 Å². The molecule has 2 aliphatic heterocycles. The standard InChI is InChI=1S/C12H24N2O3.C10H16N2O3S/c1-2-3-7-10(14)11(15)9(12(16)17)6-4-5-8-13;13-8(14)4-2-1-3-7-9-6(5-16-7)11-10(15)12-9/h9-10H,2-8,13-14H2,1H3,(H,16,17);6-7,9H,1-5H2,(H,13,14)(H2,11,12,15)/t;6-,7-,9-/m.0/s1. The van der Waals surface area contributed by atoms with Crippen LogP contribution in [0.25, 0.3) is 0 Å². The number of carboxylic acid groups (broad SMARTS) is 2. The van der Waals surface area contributed by atoms with Crippen LogP contribution in [0.2, 0.25) is 0 Å². The van der Waals surface area contributed by atoms with Gasteiger partial charge in [-0.3, -0.25) is 14.4 Å². The van der Waals surface area contributed by atoms with Crippen molar-refractivity contribution in [2.75, 3.05) is 12.3 Å². The Balaban J connectivity index is 0.000000330. The summed E-state index contributed by atoms with van der Waals surface area (Å²) in [6, 6.07) is -0.205. The fourth-order valence-corrected chi connectivity index (χ4v) is 5.51. The molecule has 2 amide bonds. The zero-order valence-electron chi connectivity index (χ0n) is 19.5. The number of Topliss-reactive ketones (excluding diaryl/α,β-unsaturated/α-hetero) is 1. The number of carbonyl (C=O) groups is 4. The molecule has 2 heterocycles. The summed E-state index contributed by atoms with van der Waals surface area (Å²) < 4.78 is 0. The minimum atomic E-state index is -1.07. The molecule has 0 aromatic heterocycles. The van der Waals surface area contributed by atoms with E-state index in [1.807, 2.05) is 18.7 Å². The Hall–Kier alpha value is -1.85. The lowest BCUT2D eigenvalue weighted by Gasteiger charge is -2.16. The van der Waals surface area contributed by atoms with Crippen molar-refractivity contribution in [2.24, 2.45) is 17.4 Å². The molecule has 0 saturated carbocycles. The largest absolute Gasteiger partial charge is 0.481 e. The van der Waals surface area contributed by atoms with Crippen LogP contribution in [0.4, 0.5) is 4.79 Å². The third-order valence-corrected chi connectivity index (χ3v) is 7.40. The van der Waals surface area contributed by atoms with Gasteiger partial charge < -0.3 is 32.3 Å². The van der Waals surface area contributed by atoms with Gasteiger partial charge in [0.15, 0.2) is 5.78 Å². The number of carbonyl (C=O) groups excluding carboxylic acids is 2. The van der Waals surface area contributed by atoms with E-state index < -0.39 is 23.9 Å². The second-order valence-electron chi connectivity index (χ2n) is 8.59. The van der Waals surface area contributed by atoms with Crippen molar-refractivity contribution in [3.8, 4) is 0 Å². The van der Waals surface area contributed by atoms with Crippen molar-refractivity contribution in [1.82, 2.24) is 10.6 Å². The summed E-state index contributed by atoms with van der Waals surface area (Å²) in [7, 11) is 0. The molecule has 2 aliphatic rings. The van der Waals surface area contributed by atoms with E-state index in [0.717, 1.165) is 44.3 Å². The Morgan fingerprint density at radius 2 is 1.82 bits per heavy atom. The van der Waals surface area contributed by atoms with Crippen molar-refractivity contribution in [3.63, 3.8) is 0 Å². The molecule has 11 heteroatoms. The number of aliphatic carboxylic acids is 2. The monoisotopic (exact) mass is 488 g/mol. The third-order valence-electron chi connectivity index (χ3n) is 5.89. The molecule has 2 saturated heterocycles. The molecule has 0 aromatic rings. The van der Waals surface area contributed by atoms with Crippen LogP contribution in [0.3, 0.4) is 0 Å². The molecule has 2 unspecified atom stereocenters. The van der Waals surface area contributed by atoms with Gasteiger partial charge in [0, 0.05) is 17.4 Å². The van der Waals surface area contributed by atoms with Gasteiger partial charge in [-0.2, -0.15) is 11.8 Å². The molecule has 2 fully saturated rings. The van der Waals surface area contributed by atoms with Crippen LogP contribution in [0.1, 0.15) is 71.1 Å². The highest BCUT2D eigenvalue weighted by Crippen LogP contribution is 2.33. The summed E-state index contributed by atoms with van der Waals surface area (Å²) >= 11 is 1.87. The van der Waals surface area contributed by atoms with Gasteiger partial charge in [-0.25, -0.2) is 4.79 Å².